The van der Waals surface area contributed by atoms with Crippen LogP contribution in [0.3, 0.4) is 0 Å². The minimum Gasteiger partial charge on any atom is -0.497 e. The summed E-state index contributed by atoms with van der Waals surface area (Å²) in [5.41, 5.74) is 0.384. The average molecular weight is 423 g/mol. The molecular formula is C19H25N3O6S. The molecule has 0 bridgehead atoms. The SMILES string of the molecule is COc1ccc(C(=O)N2CCN3CCS(=O)(=O)N(C4CC4)C(=O)C3C2)c(OC)c1. The van der Waals surface area contributed by atoms with E-state index in [1.807, 2.05) is 4.90 Å². The molecule has 1 aromatic rings. The zero-order valence-corrected chi connectivity index (χ0v) is 17.4. The number of nitrogens with zero attached hydrogens (tertiary/aromatic N) is 3. The van der Waals surface area contributed by atoms with Crippen LogP contribution in [0.25, 0.3) is 0 Å². The van der Waals surface area contributed by atoms with Gasteiger partial charge >= 0.3 is 0 Å². The van der Waals surface area contributed by atoms with Crippen molar-refractivity contribution in [2.45, 2.75) is 24.9 Å². The van der Waals surface area contributed by atoms with Crippen LogP contribution >= 0.6 is 0 Å². The van der Waals surface area contributed by atoms with Crippen LogP contribution in [0.4, 0.5) is 0 Å². The van der Waals surface area contributed by atoms with Crippen LogP contribution in [0, 0.1) is 0 Å². The summed E-state index contributed by atoms with van der Waals surface area (Å²) in [5.74, 6) is 0.247. The first-order valence-electron chi connectivity index (χ1n) is 9.67. The number of methoxy groups -OCH3 is 2. The maximum atomic E-state index is 13.1. The molecule has 0 aromatic heterocycles. The maximum Gasteiger partial charge on any atom is 0.257 e. The van der Waals surface area contributed by atoms with Crippen LogP contribution < -0.4 is 9.47 Å². The van der Waals surface area contributed by atoms with Gasteiger partial charge in [0, 0.05) is 38.3 Å². The van der Waals surface area contributed by atoms with Crippen LogP contribution in [0.5, 0.6) is 11.5 Å². The number of sulfonamides is 1. The molecule has 4 rings (SSSR count). The number of rotatable bonds is 4. The van der Waals surface area contributed by atoms with Crippen molar-refractivity contribution in [3.05, 3.63) is 23.8 Å². The summed E-state index contributed by atoms with van der Waals surface area (Å²) in [7, 11) is -0.590. The first-order chi connectivity index (χ1) is 13.9. The van der Waals surface area contributed by atoms with Gasteiger partial charge in [-0.2, -0.15) is 0 Å². The first-order valence-corrected chi connectivity index (χ1v) is 11.3. The third-order valence-corrected chi connectivity index (χ3v) is 7.51. The predicted molar refractivity (Wildman–Crippen MR) is 104 cm³/mol. The highest BCUT2D eigenvalue weighted by atomic mass is 32.2. The lowest BCUT2D eigenvalue weighted by Crippen LogP contribution is -2.59. The summed E-state index contributed by atoms with van der Waals surface area (Å²) in [6.07, 6.45) is 1.42. The van der Waals surface area contributed by atoms with Gasteiger partial charge in [0.1, 0.15) is 17.5 Å². The molecule has 3 aliphatic rings. The highest BCUT2D eigenvalue weighted by Crippen LogP contribution is 2.33. The molecule has 2 saturated heterocycles. The van der Waals surface area contributed by atoms with Gasteiger partial charge in [-0.1, -0.05) is 0 Å². The molecule has 2 amide bonds. The Morgan fingerprint density at radius 3 is 2.52 bits per heavy atom. The van der Waals surface area contributed by atoms with E-state index in [2.05, 4.69) is 0 Å². The maximum absolute atomic E-state index is 13.1. The summed E-state index contributed by atoms with van der Waals surface area (Å²) in [6, 6.07) is 4.10. The molecule has 1 atom stereocenters. The number of carbonyl (C=O) groups excluding carboxylic acids is 2. The highest BCUT2D eigenvalue weighted by molar-refractivity contribution is 7.89. The van der Waals surface area contributed by atoms with Crippen LogP contribution in [0.15, 0.2) is 18.2 Å². The van der Waals surface area contributed by atoms with Gasteiger partial charge in [-0.25, -0.2) is 12.7 Å². The van der Waals surface area contributed by atoms with Crippen LogP contribution in [-0.2, 0) is 14.8 Å². The third-order valence-electron chi connectivity index (χ3n) is 5.73. The van der Waals surface area contributed by atoms with Gasteiger partial charge in [0.25, 0.3) is 11.8 Å². The molecule has 0 spiro atoms. The molecule has 1 unspecified atom stereocenters. The standard InChI is InChI=1S/C19H25N3O6S/c1-27-14-5-6-15(17(11-14)28-2)18(23)21-8-7-20-9-10-29(25,26)22(13-3-4-13)19(24)16(20)12-21/h5-6,11,13,16H,3-4,7-10,12H2,1-2H3. The van der Waals surface area contributed by atoms with Crippen molar-refractivity contribution in [1.29, 1.82) is 0 Å². The minimum atomic E-state index is -3.61. The Hall–Kier alpha value is -2.33. The molecule has 10 heteroatoms. The smallest absolute Gasteiger partial charge is 0.257 e. The zero-order valence-electron chi connectivity index (χ0n) is 16.5. The normalized spacial score (nSPS) is 24.6. The molecule has 3 fully saturated rings. The number of carbonyl (C=O) groups is 2. The van der Waals surface area contributed by atoms with Gasteiger partial charge in [0.15, 0.2) is 0 Å². The van der Waals surface area contributed by atoms with Crippen molar-refractivity contribution in [2.75, 3.05) is 46.2 Å². The quantitative estimate of drug-likeness (QED) is 0.681. The third kappa shape index (κ3) is 3.66. The number of amides is 2. The Morgan fingerprint density at radius 1 is 1.10 bits per heavy atom. The number of benzene rings is 1. The average Bonchev–Trinajstić information content (AvgIpc) is 3.55. The molecule has 1 aromatic carbocycles. The van der Waals surface area contributed by atoms with E-state index in [9.17, 15) is 18.0 Å². The largest absolute Gasteiger partial charge is 0.497 e. The van der Waals surface area contributed by atoms with Crippen molar-refractivity contribution >= 4 is 21.8 Å². The Bertz CT molecular complexity index is 930. The second kappa shape index (κ2) is 7.49. The molecule has 9 nitrogen and oxygen atoms in total. The lowest BCUT2D eigenvalue weighted by Gasteiger charge is -2.39. The van der Waals surface area contributed by atoms with E-state index >= 15 is 0 Å². The molecule has 1 aliphatic carbocycles. The Labute approximate surface area is 170 Å². The Morgan fingerprint density at radius 2 is 1.86 bits per heavy atom. The summed E-state index contributed by atoms with van der Waals surface area (Å²) in [5, 5.41) is 0. The first kappa shape index (κ1) is 20.0. The van der Waals surface area contributed by atoms with Crippen molar-refractivity contribution < 1.29 is 27.5 Å². The molecule has 158 valence electrons. The summed E-state index contributed by atoms with van der Waals surface area (Å²) in [4.78, 5) is 29.7. The zero-order chi connectivity index (χ0) is 20.8. The van der Waals surface area contributed by atoms with Crippen LogP contribution in [0.1, 0.15) is 23.2 Å². The number of piperazine rings is 1. The molecular weight excluding hydrogens is 398 g/mol. The van der Waals surface area contributed by atoms with Gasteiger partial charge in [-0.05, 0) is 25.0 Å². The molecule has 2 aliphatic heterocycles. The fourth-order valence-electron chi connectivity index (χ4n) is 3.98. The lowest BCUT2D eigenvalue weighted by molar-refractivity contribution is -0.133. The number of fused-ring (bicyclic) bond motifs is 1. The second-order valence-electron chi connectivity index (χ2n) is 7.55. The number of ether oxygens (including phenoxy) is 2. The van der Waals surface area contributed by atoms with E-state index < -0.39 is 22.0 Å². The second-order valence-corrected chi connectivity index (χ2v) is 9.52. The van der Waals surface area contributed by atoms with E-state index in [-0.39, 0.29) is 24.2 Å². The number of hydrogen-bond donors (Lipinski definition) is 0. The Balaban J connectivity index is 1.58. The molecule has 0 N–H and O–H groups in total. The fraction of sp³-hybridized carbons (Fsp3) is 0.579. The lowest BCUT2D eigenvalue weighted by atomic mass is 10.1. The molecule has 29 heavy (non-hydrogen) atoms. The van der Waals surface area contributed by atoms with Crippen molar-refractivity contribution in [2.24, 2.45) is 0 Å². The van der Waals surface area contributed by atoms with Crippen molar-refractivity contribution in [3.8, 4) is 11.5 Å². The van der Waals surface area contributed by atoms with Crippen LogP contribution in [-0.4, -0.2) is 92.6 Å². The monoisotopic (exact) mass is 423 g/mol. The van der Waals surface area contributed by atoms with E-state index in [0.717, 1.165) is 4.31 Å². The topological polar surface area (TPSA) is 96.5 Å². The van der Waals surface area contributed by atoms with Gasteiger partial charge in [0.2, 0.25) is 10.0 Å². The molecule has 2 heterocycles. The van der Waals surface area contributed by atoms with E-state index in [4.69, 9.17) is 9.47 Å². The summed E-state index contributed by atoms with van der Waals surface area (Å²) >= 11 is 0. The minimum absolute atomic E-state index is 0.0635. The molecule has 1 saturated carbocycles. The summed E-state index contributed by atoms with van der Waals surface area (Å²) < 4.78 is 36.8. The predicted octanol–water partition coefficient (Wildman–Crippen LogP) is 0.165. The number of hydrogen-bond acceptors (Lipinski definition) is 7. The van der Waals surface area contributed by atoms with Crippen LogP contribution in [0.2, 0.25) is 0 Å². The Kier molecular flexibility index (Phi) is 5.16. The van der Waals surface area contributed by atoms with E-state index in [1.165, 1.54) is 14.2 Å². The van der Waals surface area contributed by atoms with E-state index in [1.54, 1.807) is 23.1 Å². The van der Waals surface area contributed by atoms with Gasteiger partial charge in [-0.3, -0.25) is 14.5 Å². The van der Waals surface area contributed by atoms with Gasteiger partial charge < -0.3 is 14.4 Å². The summed E-state index contributed by atoms with van der Waals surface area (Å²) in [6.45, 7) is 1.33. The molecule has 0 radical (unpaired) electrons. The van der Waals surface area contributed by atoms with E-state index in [0.29, 0.717) is 49.5 Å². The van der Waals surface area contributed by atoms with Crippen molar-refractivity contribution in [1.82, 2.24) is 14.1 Å². The van der Waals surface area contributed by atoms with Crippen molar-refractivity contribution in [3.63, 3.8) is 0 Å². The van der Waals surface area contributed by atoms with Gasteiger partial charge in [-0.15, -0.1) is 0 Å². The fourth-order valence-corrected chi connectivity index (χ4v) is 5.71. The highest BCUT2D eigenvalue weighted by Gasteiger charge is 2.48. The van der Waals surface area contributed by atoms with Gasteiger partial charge in [0.05, 0.1) is 25.5 Å².